The summed E-state index contributed by atoms with van der Waals surface area (Å²) in [5, 5.41) is 2.90. The molecule has 0 aromatic heterocycles. The molecule has 0 unspecified atom stereocenters. The second kappa shape index (κ2) is 7.01. The smallest absolute Gasteiger partial charge is 0.226 e. The van der Waals surface area contributed by atoms with Crippen LogP contribution in [-0.4, -0.2) is 16.7 Å². The van der Waals surface area contributed by atoms with Crippen LogP contribution in [0.25, 0.3) is 6.08 Å². The van der Waals surface area contributed by atoms with Gasteiger partial charge in [-0.1, -0.05) is 36.4 Å². The Balaban J connectivity index is 1.83. The van der Waals surface area contributed by atoms with E-state index in [-0.39, 0.29) is 24.3 Å². The number of anilines is 1. The first kappa shape index (κ1) is 16.5. The first-order valence-electron chi connectivity index (χ1n) is 7.66. The number of amides is 2. The lowest BCUT2D eigenvalue weighted by Gasteiger charge is -2.32. The minimum Gasteiger partial charge on any atom is -0.325 e. The third-order valence-electron chi connectivity index (χ3n) is 4.00. The number of benzene rings is 2. The molecule has 1 heterocycles. The van der Waals surface area contributed by atoms with Gasteiger partial charge in [-0.05, 0) is 45.3 Å². The van der Waals surface area contributed by atoms with E-state index in [2.05, 4.69) is 21.2 Å². The zero-order chi connectivity index (χ0) is 17.1. The van der Waals surface area contributed by atoms with Crippen molar-refractivity contribution in [3.63, 3.8) is 0 Å². The van der Waals surface area contributed by atoms with Gasteiger partial charge in [0.15, 0.2) is 0 Å². The van der Waals surface area contributed by atoms with E-state index in [9.17, 15) is 9.59 Å². The van der Waals surface area contributed by atoms with Crippen LogP contribution >= 0.6 is 15.9 Å². The van der Waals surface area contributed by atoms with Crippen LogP contribution in [-0.2, 0) is 9.59 Å². The molecule has 24 heavy (non-hydrogen) atoms. The number of nitrogens with zero attached hydrogens (tertiary/aromatic N) is 1. The molecule has 122 valence electrons. The Bertz CT molecular complexity index is 817. The van der Waals surface area contributed by atoms with Crippen LogP contribution in [0.5, 0.6) is 0 Å². The van der Waals surface area contributed by atoms with Crippen LogP contribution < -0.4 is 5.32 Å². The van der Waals surface area contributed by atoms with Crippen molar-refractivity contribution >= 4 is 39.5 Å². The molecule has 4 nitrogen and oxygen atoms in total. The fourth-order valence-corrected chi connectivity index (χ4v) is 3.24. The maximum atomic E-state index is 12.5. The van der Waals surface area contributed by atoms with Crippen molar-refractivity contribution in [1.29, 1.82) is 0 Å². The summed E-state index contributed by atoms with van der Waals surface area (Å²) in [4.78, 5) is 26.1. The Labute approximate surface area is 149 Å². The lowest BCUT2D eigenvalue weighted by molar-refractivity contribution is -0.129. The Morgan fingerprint density at radius 3 is 2.58 bits per heavy atom. The second-order valence-corrected chi connectivity index (χ2v) is 6.47. The lowest BCUT2D eigenvalue weighted by atomic mass is 9.93. The minimum absolute atomic E-state index is 0.0838. The maximum absolute atomic E-state index is 12.5. The molecule has 0 saturated heterocycles. The lowest BCUT2D eigenvalue weighted by Crippen LogP contribution is -2.33. The van der Waals surface area contributed by atoms with E-state index in [4.69, 9.17) is 0 Å². The molecular weight excluding hydrogens is 368 g/mol. The fourth-order valence-electron chi connectivity index (χ4n) is 2.85. The largest absolute Gasteiger partial charge is 0.325 e. The first-order valence-corrected chi connectivity index (χ1v) is 8.46. The Morgan fingerprint density at radius 2 is 1.83 bits per heavy atom. The third kappa shape index (κ3) is 3.41. The number of hydrogen-bond donors (Lipinski definition) is 1. The zero-order valence-electron chi connectivity index (χ0n) is 13.2. The van der Waals surface area contributed by atoms with Gasteiger partial charge >= 0.3 is 0 Å². The monoisotopic (exact) mass is 384 g/mol. The van der Waals surface area contributed by atoms with Crippen molar-refractivity contribution in [2.75, 3.05) is 5.32 Å². The van der Waals surface area contributed by atoms with Gasteiger partial charge in [0.05, 0.1) is 18.2 Å². The van der Waals surface area contributed by atoms with E-state index >= 15 is 0 Å². The molecule has 1 N–H and O–H groups in total. The van der Waals surface area contributed by atoms with Crippen LogP contribution in [0.4, 0.5) is 5.69 Å². The van der Waals surface area contributed by atoms with Gasteiger partial charge in [-0.2, -0.15) is 0 Å². The highest BCUT2D eigenvalue weighted by Gasteiger charge is 2.28. The third-order valence-corrected chi connectivity index (χ3v) is 4.69. The number of carbonyl (C=O) groups excluding carboxylic acids is 2. The average Bonchev–Trinajstić information content (AvgIpc) is 2.57. The van der Waals surface area contributed by atoms with Crippen molar-refractivity contribution in [1.82, 2.24) is 4.90 Å². The number of fused-ring (bicyclic) bond motifs is 1. The van der Waals surface area contributed by atoms with Crippen LogP contribution in [0.1, 0.15) is 30.5 Å². The predicted octanol–water partition coefficient (Wildman–Crippen LogP) is 4.35. The second-order valence-electron chi connectivity index (χ2n) is 5.62. The van der Waals surface area contributed by atoms with E-state index in [1.54, 1.807) is 11.1 Å². The first-order chi connectivity index (χ1) is 11.6. The van der Waals surface area contributed by atoms with Gasteiger partial charge in [-0.3, -0.25) is 9.59 Å². The molecule has 0 bridgehead atoms. The van der Waals surface area contributed by atoms with Crippen molar-refractivity contribution in [2.45, 2.75) is 19.4 Å². The summed E-state index contributed by atoms with van der Waals surface area (Å²) in [5.74, 6) is -0.220. The summed E-state index contributed by atoms with van der Waals surface area (Å²) in [5.41, 5.74) is 2.74. The molecule has 5 heteroatoms. The Hall–Kier alpha value is -2.40. The fraction of sp³-hybridized carbons (Fsp3) is 0.158. The van der Waals surface area contributed by atoms with E-state index in [1.165, 1.54) is 6.92 Å². The average molecular weight is 385 g/mol. The molecule has 2 aromatic rings. The van der Waals surface area contributed by atoms with Crippen molar-refractivity contribution in [3.8, 4) is 0 Å². The molecular formula is C19H17BrN2O2. The van der Waals surface area contributed by atoms with Crippen molar-refractivity contribution in [3.05, 3.63) is 70.3 Å². The van der Waals surface area contributed by atoms with Crippen LogP contribution in [0.15, 0.2) is 59.2 Å². The van der Waals surface area contributed by atoms with Crippen molar-refractivity contribution < 1.29 is 9.59 Å². The van der Waals surface area contributed by atoms with Crippen LogP contribution in [0, 0.1) is 0 Å². The summed E-state index contributed by atoms with van der Waals surface area (Å²) in [6.45, 7) is 1.51. The zero-order valence-corrected chi connectivity index (χ0v) is 14.8. The van der Waals surface area contributed by atoms with E-state index in [0.29, 0.717) is 0 Å². The van der Waals surface area contributed by atoms with Gasteiger partial charge in [-0.25, -0.2) is 0 Å². The molecule has 0 radical (unpaired) electrons. The summed E-state index contributed by atoms with van der Waals surface area (Å²) in [6, 6.07) is 15.0. The van der Waals surface area contributed by atoms with E-state index in [1.807, 2.05) is 54.6 Å². The maximum Gasteiger partial charge on any atom is 0.226 e. The normalized spacial score (nSPS) is 15.8. The molecule has 2 amide bonds. The van der Waals surface area contributed by atoms with Gasteiger partial charge in [0.1, 0.15) is 0 Å². The van der Waals surface area contributed by atoms with Crippen LogP contribution in [0.2, 0.25) is 0 Å². The van der Waals surface area contributed by atoms with E-state index in [0.717, 1.165) is 21.3 Å². The Morgan fingerprint density at radius 1 is 1.12 bits per heavy atom. The molecule has 0 fully saturated rings. The van der Waals surface area contributed by atoms with Gasteiger partial charge in [-0.15, -0.1) is 0 Å². The van der Waals surface area contributed by atoms with E-state index < -0.39 is 0 Å². The number of hydrogen-bond acceptors (Lipinski definition) is 2. The van der Waals surface area contributed by atoms with Gasteiger partial charge in [0.2, 0.25) is 11.8 Å². The highest BCUT2D eigenvalue weighted by atomic mass is 79.9. The summed E-state index contributed by atoms with van der Waals surface area (Å²) in [6.07, 6.45) is 3.85. The molecule has 1 aliphatic heterocycles. The minimum atomic E-state index is -0.300. The summed E-state index contributed by atoms with van der Waals surface area (Å²) >= 11 is 3.42. The van der Waals surface area contributed by atoms with Crippen molar-refractivity contribution in [2.24, 2.45) is 0 Å². The van der Waals surface area contributed by atoms with Crippen LogP contribution in [0.3, 0.4) is 0 Å². The number of rotatable bonds is 3. The predicted molar refractivity (Wildman–Crippen MR) is 98.1 cm³/mol. The molecule has 1 atom stereocenters. The van der Waals surface area contributed by atoms with Gasteiger partial charge in [0.25, 0.3) is 0 Å². The topological polar surface area (TPSA) is 49.4 Å². The van der Waals surface area contributed by atoms with Gasteiger partial charge < -0.3 is 10.2 Å². The highest BCUT2D eigenvalue weighted by molar-refractivity contribution is 9.10. The molecule has 3 rings (SSSR count). The molecule has 2 aromatic carbocycles. The Kier molecular flexibility index (Phi) is 4.81. The molecule has 0 aliphatic carbocycles. The summed E-state index contributed by atoms with van der Waals surface area (Å²) in [7, 11) is 0. The summed E-state index contributed by atoms with van der Waals surface area (Å²) < 4.78 is 0.825. The number of nitrogens with one attached hydrogen (secondary N) is 1. The SMILES string of the molecule is CC(=O)N1C=Cc2ccccc2[C@@H]1CC(=O)Nc1ccccc1Br. The highest BCUT2D eigenvalue weighted by Crippen LogP contribution is 2.33. The molecule has 0 spiro atoms. The van der Waals surface area contributed by atoms with Gasteiger partial charge in [0, 0.05) is 17.6 Å². The molecule has 1 aliphatic rings. The number of para-hydroxylation sites is 1. The molecule has 0 saturated carbocycles. The number of carbonyl (C=O) groups is 2. The quantitative estimate of drug-likeness (QED) is 0.854. The standard InChI is InChI=1S/C19H17BrN2O2/c1-13(23)22-11-10-14-6-2-3-7-15(14)18(22)12-19(24)21-17-9-5-4-8-16(17)20/h2-11,18H,12H2,1H3,(H,21,24)/t18-/m0/s1. The number of halogens is 1.